The van der Waals surface area contributed by atoms with E-state index in [9.17, 15) is 4.79 Å². The Morgan fingerprint density at radius 2 is 2.12 bits per heavy atom. The van der Waals surface area contributed by atoms with Crippen molar-refractivity contribution in [3.63, 3.8) is 0 Å². The monoisotopic (exact) mass is 283 g/mol. The van der Waals surface area contributed by atoms with E-state index in [2.05, 4.69) is 30.7 Å². The molecule has 0 N–H and O–H groups in total. The molecule has 0 saturated heterocycles. The van der Waals surface area contributed by atoms with E-state index in [1.165, 1.54) is 7.11 Å². The molecule has 84 valence electrons. The molecule has 0 aliphatic carbocycles. The molecule has 2 atom stereocenters. The van der Waals surface area contributed by atoms with Crippen LogP contribution in [0.2, 0.25) is 0 Å². The summed E-state index contributed by atoms with van der Waals surface area (Å²) in [6.45, 7) is 0. The Balaban J connectivity index is 3.00. The van der Waals surface area contributed by atoms with Gasteiger partial charge in [-0.1, -0.05) is 51.4 Å². The number of hydrogen-bond acceptors (Lipinski definition) is 3. The third kappa shape index (κ3) is 2.98. The Hall–Kier alpha value is -1.52. The largest absolute Gasteiger partial charge is 0.468 e. The molecule has 6 heteroatoms. The fourth-order valence-electron chi connectivity index (χ4n) is 1.24. The van der Waals surface area contributed by atoms with Crippen molar-refractivity contribution in [3.05, 3.63) is 46.3 Å². The lowest BCUT2D eigenvalue weighted by molar-refractivity contribution is -0.140. The third-order valence-corrected chi connectivity index (χ3v) is 2.90. The lowest BCUT2D eigenvalue weighted by atomic mass is 10.1. The molecular formula is C10H10BrN3O2. The number of nitrogens with zero attached hydrogens (tertiary/aromatic N) is 3. The molecule has 0 unspecified atom stereocenters. The summed E-state index contributed by atoms with van der Waals surface area (Å²) >= 11 is 3.17. The highest BCUT2D eigenvalue weighted by Gasteiger charge is 2.26. The number of methoxy groups -OCH3 is 1. The third-order valence-electron chi connectivity index (χ3n) is 2.02. The lowest BCUT2D eigenvalue weighted by Crippen LogP contribution is -2.22. The summed E-state index contributed by atoms with van der Waals surface area (Å²) in [4.78, 5) is 13.4. The molecule has 1 aromatic carbocycles. The maximum atomic E-state index is 11.3. The summed E-state index contributed by atoms with van der Waals surface area (Å²) in [5.41, 5.74) is 9.24. The van der Waals surface area contributed by atoms with Gasteiger partial charge in [0, 0.05) is 4.91 Å². The fourth-order valence-corrected chi connectivity index (χ4v) is 1.84. The summed E-state index contributed by atoms with van der Waals surface area (Å²) in [5.74, 6) is -0.471. The predicted octanol–water partition coefficient (Wildman–Crippen LogP) is 2.97. The highest BCUT2D eigenvalue weighted by Crippen LogP contribution is 2.27. The van der Waals surface area contributed by atoms with Gasteiger partial charge in [0.25, 0.3) is 0 Å². The maximum Gasteiger partial charge on any atom is 0.320 e. The summed E-state index contributed by atoms with van der Waals surface area (Å²) in [6, 6.07) is 8.43. The Morgan fingerprint density at radius 1 is 1.50 bits per heavy atom. The summed E-state index contributed by atoms with van der Waals surface area (Å²) in [7, 11) is 1.29. The zero-order valence-corrected chi connectivity index (χ0v) is 10.2. The second-order valence-corrected chi connectivity index (χ2v) is 3.97. The average Bonchev–Trinajstić information content (AvgIpc) is 2.35. The van der Waals surface area contributed by atoms with Crippen molar-refractivity contribution in [3.8, 4) is 0 Å². The van der Waals surface area contributed by atoms with Gasteiger partial charge in [-0.25, -0.2) is 0 Å². The molecule has 0 radical (unpaired) electrons. The molecule has 0 aliphatic heterocycles. The second kappa shape index (κ2) is 6.15. The average molecular weight is 284 g/mol. The topological polar surface area (TPSA) is 75.1 Å². The van der Waals surface area contributed by atoms with Crippen molar-refractivity contribution >= 4 is 21.9 Å². The number of alkyl halides is 1. The zero-order chi connectivity index (χ0) is 12.0. The van der Waals surface area contributed by atoms with E-state index in [1.54, 1.807) is 12.1 Å². The second-order valence-electron chi connectivity index (χ2n) is 2.99. The van der Waals surface area contributed by atoms with Crippen molar-refractivity contribution < 1.29 is 9.53 Å². The van der Waals surface area contributed by atoms with Gasteiger partial charge in [-0.2, -0.15) is 0 Å². The smallest absolute Gasteiger partial charge is 0.320 e. The molecule has 0 aromatic heterocycles. The first-order chi connectivity index (χ1) is 7.70. The Morgan fingerprint density at radius 3 is 2.62 bits per heavy atom. The molecule has 0 bridgehead atoms. The molecule has 0 fully saturated rings. The van der Waals surface area contributed by atoms with E-state index in [-0.39, 0.29) is 0 Å². The highest BCUT2D eigenvalue weighted by molar-refractivity contribution is 9.10. The van der Waals surface area contributed by atoms with Crippen LogP contribution in [0.4, 0.5) is 0 Å². The number of halogens is 1. The van der Waals surface area contributed by atoms with Gasteiger partial charge >= 0.3 is 5.97 Å². The number of carbonyl (C=O) groups excluding carboxylic acids is 1. The van der Waals surface area contributed by atoms with Gasteiger partial charge in [-0.3, -0.25) is 4.79 Å². The molecule has 0 aliphatic rings. The van der Waals surface area contributed by atoms with E-state index in [1.807, 2.05) is 18.2 Å². The SMILES string of the molecule is COC(=O)[C@@H](Br)[C@@H](N=[N+]=[N-])c1ccccc1. The molecule has 16 heavy (non-hydrogen) atoms. The Kier molecular flexibility index (Phi) is 4.82. The Labute approximate surface area is 101 Å². The van der Waals surface area contributed by atoms with Gasteiger partial charge in [0.15, 0.2) is 0 Å². The summed E-state index contributed by atoms with van der Waals surface area (Å²) in [5, 5.41) is 3.60. The molecule has 1 aromatic rings. The van der Waals surface area contributed by atoms with Crippen LogP contribution < -0.4 is 0 Å². The number of esters is 1. The van der Waals surface area contributed by atoms with Crippen LogP contribution in [0.1, 0.15) is 11.6 Å². The van der Waals surface area contributed by atoms with Crippen molar-refractivity contribution in [1.82, 2.24) is 0 Å². The normalized spacial score (nSPS) is 13.4. The van der Waals surface area contributed by atoms with Crippen LogP contribution in [-0.2, 0) is 9.53 Å². The van der Waals surface area contributed by atoms with E-state index >= 15 is 0 Å². The highest BCUT2D eigenvalue weighted by atomic mass is 79.9. The van der Waals surface area contributed by atoms with Crippen LogP contribution in [0.3, 0.4) is 0 Å². The van der Waals surface area contributed by atoms with Crippen LogP contribution in [0.15, 0.2) is 35.4 Å². The molecule has 0 saturated carbocycles. The fraction of sp³-hybridized carbons (Fsp3) is 0.300. The van der Waals surface area contributed by atoms with Crippen molar-refractivity contribution in [2.24, 2.45) is 5.11 Å². The minimum Gasteiger partial charge on any atom is -0.468 e. The van der Waals surface area contributed by atoms with Crippen LogP contribution in [0, 0.1) is 0 Å². The van der Waals surface area contributed by atoms with Crippen molar-refractivity contribution in [2.45, 2.75) is 10.9 Å². The molecule has 0 heterocycles. The predicted molar refractivity (Wildman–Crippen MR) is 63.1 cm³/mol. The quantitative estimate of drug-likeness (QED) is 0.280. The number of ether oxygens (including phenoxy) is 1. The van der Waals surface area contributed by atoms with Crippen LogP contribution in [-0.4, -0.2) is 17.9 Å². The number of rotatable bonds is 4. The van der Waals surface area contributed by atoms with E-state index in [4.69, 9.17) is 5.53 Å². The molecule has 5 nitrogen and oxygen atoms in total. The minimum atomic E-state index is -0.684. The van der Waals surface area contributed by atoms with E-state index < -0.39 is 16.8 Å². The first kappa shape index (κ1) is 12.5. The zero-order valence-electron chi connectivity index (χ0n) is 8.58. The summed E-state index contributed by atoms with van der Waals surface area (Å²) in [6.07, 6.45) is 0. The molecule has 0 amide bonds. The standard InChI is InChI=1S/C10H10BrN3O2/c1-16-10(15)8(11)9(13-14-12)7-5-3-2-4-6-7/h2-6,8-9H,1H3/t8-,9-/m0/s1. The molecule has 1 rings (SSSR count). The van der Waals surface area contributed by atoms with Crippen LogP contribution in [0.25, 0.3) is 10.4 Å². The van der Waals surface area contributed by atoms with Crippen molar-refractivity contribution in [2.75, 3.05) is 7.11 Å². The Bertz CT molecular complexity index is 404. The first-order valence-electron chi connectivity index (χ1n) is 4.51. The van der Waals surface area contributed by atoms with Gasteiger partial charge in [-0.15, -0.1) is 0 Å². The van der Waals surface area contributed by atoms with Crippen molar-refractivity contribution in [1.29, 1.82) is 0 Å². The van der Waals surface area contributed by atoms with Gasteiger partial charge < -0.3 is 4.74 Å². The van der Waals surface area contributed by atoms with Gasteiger partial charge in [0.2, 0.25) is 0 Å². The van der Waals surface area contributed by atoms with Gasteiger partial charge in [0.1, 0.15) is 4.83 Å². The van der Waals surface area contributed by atoms with Gasteiger partial charge in [-0.05, 0) is 11.1 Å². The molecular weight excluding hydrogens is 274 g/mol. The minimum absolute atomic E-state index is 0.471. The van der Waals surface area contributed by atoms with E-state index in [0.29, 0.717) is 0 Å². The van der Waals surface area contributed by atoms with Gasteiger partial charge in [0.05, 0.1) is 13.2 Å². The number of hydrogen-bond donors (Lipinski definition) is 0. The first-order valence-corrected chi connectivity index (χ1v) is 5.43. The maximum absolute atomic E-state index is 11.3. The number of azide groups is 1. The van der Waals surface area contributed by atoms with Crippen LogP contribution >= 0.6 is 15.9 Å². The van der Waals surface area contributed by atoms with Crippen LogP contribution in [0.5, 0.6) is 0 Å². The number of benzene rings is 1. The lowest BCUT2D eigenvalue weighted by Gasteiger charge is -2.15. The summed E-state index contributed by atoms with van der Waals surface area (Å²) < 4.78 is 4.59. The number of carbonyl (C=O) groups is 1. The molecule has 0 spiro atoms. The van der Waals surface area contributed by atoms with E-state index in [0.717, 1.165) is 5.56 Å².